The smallest absolute Gasteiger partial charge is 0.268 e. The van der Waals surface area contributed by atoms with E-state index < -0.39 is 26.0 Å². The Morgan fingerprint density at radius 1 is 0.600 bits per heavy atom. The number of nitrogens with one attached hydrogen (secondary N) is 1. The van der Waals surface area contributed by atoms with Crippen molar-refractivity contribution in [3.05, 3.63) is 144 Å². The molecule has 0 aliphatic heterocycles. The standard InChI is InChI=1S/C35H29N3O5S2/c1-25-11-16-29(17-12-25)44(40,41)37-23-27(31-7-3-5-9-33(31)37)15-20-35(39)36-22-21-28-24-38(34-10-6-4-8-32(28)34)45(42,43)30-18-13-26(2)14-19-30/h3-24H,1-2H3,(H,36,39)/b20-15+,22-21-. The topological polar surface area (TPSA) is 107 Å². The molecule has 45 heavy (non-hydrogen) atoms. The molecule has 8 nitrogen and oxygen atoms in total. The summed E-state index contributed by atoms with van der Waals surface area (Å²) in [6.45, 7) is 3.78. The second kappa shape index (κ2) is 11.7. The number of fused-ring (bicyclic) bond motifs is 2. The maximum Gasteiger partial charge on any atom is 0.268 e. The summed E-state index contributed by atoms with van der Waals surface area (Å²) in [5.74, 6) is -0.444. The van der Waals surface area contributed by atoms with Crippen LogP contribution in [0.15, 0.2) is 132 Å². The highest BCUT2D eigenvalue weighted by Crippen LogP contribution is 2.28. The molecule has 0 atom stereocenters. The first-order valence-corrected chi connectivity index (χ1v) is 16.9. The minimum Gasteiger partial charge on any atom is -0.329 e. The van der Waals surface area contributed by atoms with Crippen LogP contribution in [0.2, 0.25) is 0 Å². The number of carbonyl (C=O) groups is 1. The zero-order chi connectivity index (χ0) is 31.8. The average Bonchev–Trinajstić information content (AvgIpc) is 3.60. The summed E-state index contributed by atoms with van der Waals surface area (Å²) in [5, 5.41) is 4.06. The molecule has 0 saturated heterocycles. The van der Waals surface area contributed by atoms with Crippen LogP contribution in [0.5, 0.6) is 0 Å². The van der Waals surface area contributed by atoms with Crippen molar-refractivity contribution in [2.45, 2.75) is 23.6 Å². The zero-order valence-corrected chi connectivity index (χ0v) is 26.1. The lowest BCUT2D eigenvalue weighted by atomic mass is 10.1. The Balaban J connectivity index is 1.25. The van der Waals surface area contributed by atoms with Gasteiger partial charge in [0.15, 0.2) is 0 Å². The first-order chi connectivity index (χ1) is 21.6. The largest absolute Gasteiger partial charge is 0.329 e. The van der Waals surface area contributed by atoms with Gasteiger partial charge in [0.2, 0.25) is 5.91 Å². The molecule has 6 rings (SSSR count). The number of benzene rings is 4. The van der Waals surface area contributed by atoms with Crippen molar-refractivity contribution in [2.75, 3.05) is 0 Å². The molecule has 4 aromatic carbocycles. The third-order valence-electron chi connectivity index (χ3n) is 7.48. The van der Waals surface area contributed by atoms with E-state index in [2.05, 4.69) is 5.32 Å². The number of amides is 1. The van der Waals surface area contributed by atoms with Gasteiger partial charge in [0, 0.05) is 46.6 Å². The van der Waals surface area contributed by atoms with E-state index in [-0.39, 0.29) is 9.79 Å². The Hall–Kier alpha value is -5.19. The quantitative estimate of drug-likeness (QED) is 0.193. The Labute approximate surface area is 261 Å². The van der Waals surface area contributed by atoms with E-state index >= 15 is 0 Å². The molecule has 0 bridgehead atoms. The average molecular weight is 636 g/mol. The van der Waals surface area contributed by atoms with Gasteiger partial charge in [-0.05, 0) is 62.4 Å². The molecular formula is C35H29N3O5S2. The van der Waals surface area contributed by atoms with E-state index in [4.69, 9.17) is 0 Å². The molecule has 226 valence electrons. The summed E-state index contributed by atoms with van der Waals surface area (Å²) in [5.41, 5.74) is 4.08. The minimum absolute atomic E-state index is 0.167. The van der Waals surface area contributed by atoms with Gasteiger partial charge in [0.1, 0.15) is 0 Å². The van der Waals surface area contributed by atoms with Crippen molar-refractivity contribution < 1.29 is 21.6 Å². The maximum absolute atomic E-state index is 13.4. The highest BCUT2D eigenvalue weighted by molar-refractivity contribution is 7.90. The third kappa shape index (κ3) is 5.73. The van der Waals surface area contributed by atoms with E-state index in [9.17, 15) is 21.6 Å². The molecular weight excluding hydrogens is 607 g/mol. The van der Waals surface area contributed by atoms with Crippen LogP contribution in [0.1, 0.15) is 22.3 Å². The molecule has 0 aliphatic carbocycles. The molecule has 2 heterocycles. The van der Waals surface area contributed by atoms with E-state index in [1.807, 2.05) is 26.0 Å². The fourth-order valence-electron chi connectivity index (χ4n) is 5.09. The number of carbonyl (C=O) groups excluding carboxylic acids is 1. The summed E-state index contributed by atoms with van der Waals surface area (Å²) in [6.07, 6.45) is 8.99. The van der Waals surface area contributed by atoms with Gasteiger partial charge in [-0.2, -0.15) is 0 Å². The number of aryl methyl sites for hydroxylation is 2. The number of hydrogen-bond donors (Lipinski definition) is 1. The van der Waals surface area contributed by atoms with E-state index in [0.717, 1.165) is 11.1 Å². The van der Waals surface area contributed by atoms with Crippen LogP contribution in [0.25, 0.3) is 34.0 Å². The molecule has 6 aromatic rings. The van der Waals surface area contributed by atoms with Crippen molar-refractivity contribution >= 4 is 59.9 Å². The van der Waals surface area contributed by atoms with E-state index in [1.54, 1.807) is 97.1 Å². The Bertz CT molecular complexity index is 2350. The molecule has 0 spiro atoms. The summed E-state index contributed by atoms with van der Waals surface area (Å²) < 4.78 is 56.3. The molecule has 0 radical (unpaired) electrons. The summed E-state index contributed by atoms with van der Waals surface area (Å²) >= 11 is 0. The van der Waals surface area contributed by atoms with Crippen LogP contribution in [-0.4, -0.2) is 30.7 Å². The third-order valence-corrected chi connectivity index (χ3v) is 10.9. The molecule has 1 amide bonds. The summed E-state index contributed by atoms with van der Waals surface area (Å²) in [4.78, 5) is 13.1. The number of hydrogen-bond acceptors (Lipinski definition) is 5. The normalized spacial score (nSPS) is 12.5. The molecule has 0 unspecified atom stereocenters. The van der Waals surface area contributed by atoms with Gasteiger partial charge in [-0.3, -0.25) is 4.79 Å². The molecule has 2 aromatic heterocycles. The minimum atomic E-state index is -3.86. The summed E-state index contributed by atoms with van der Waals surface area (Å²) in [7, 11) is -7.71. The maximum atomic E-state index is 13.4. The van der Waals surface area contributed by atoms with E-state index in [1.165, 1.54) is 32.6 Å². The monoisotopic (exact) mass is 635 g/mol. The molecule has 1 N–H and O–H groups in total. The Kier molecular flexibility index (Phi) is 7.78. The van der Waals surface area contributed by atoms with Crippen molar-refractivity contribution in [1.82, 2.24) is 13.3 Å². The number of aromatic nitrogens is 2. The zero-order valence-electron chi connectivity index (χ0n) is 24.5. The van der Waals surface area contributed by atoms with Crippen molar-refractivity contribution in [3.8, 4) is 0 Å². The van der Waals surface area contributed by atoms with Crippen LogP contribution < -0.4 is 5.32 Å². The second-order valence-electron chi connectivity index (χ2n) is 10.6. The molecule has 0 aliphatic rings. The lowest BCUT2D eigenvalue weighted by Gasteiger charge is -2.07. The van der Waals surface area contributed by atoms with Crippen molar-refractivity contribution in [1.29, 1.82) is 0 Å². The fourth-order valence-corrected chi connectivity index (χ4v) is 7.84. The first kappa shape index (κ1) is 29.9. The molecule has 10 heteroatoms. The molecule has 0 saturated carbocycles. The van der Waals surface area contributed by atoms with Gasteiger partial charge in [-0.1, -0.05) is 71.8 Å². The second-order valence-corrected chi connectivity index (χ2v) is 14.2. The predicted molar refractivity (Wildman–Crippen MR) is 178 cm³/mol. The summed E-state index contributed by atoms with van der Waals surface area (Å²) in [6, 6.07) is 27.5. The highest BCUT2D eigenvalue weighted by atomic mass is 32.2. The van der Waals surface area contributed by atoms with Crippen LogP contribution in [0.4, 0.5) is 0 Å². The molecule has 0 fully saturated rings. The lowest BCUT2D eigenvalue weighted by molar-refractivity contribution is -0.115. The first-order valence-electron chi connectivity index (χ1n) is 14.1. The van der Waals surface area contributed by atoms with Gasteiger partial charge in [0.05, 0.1) is 20.8 Å². The van der Waals surface area contributed by atoms with Gasteiger partial charge < -0.3 is 5.32 Å². The van der Waals surface area contributed by atoms with Crippen LogP contribution in [0.3, 0.4) is 0 Å². The van der Waals surface area contributed by atoms with E-state index in [0.29, 0.717) is 32.9 Å². The van der Waals surface area contributed by atoms with Gasteiger partial charge >= 0.3 is 0 Å². The van der Waals surface area contributed by atoms with Gasteiger partial charge in [-0.15, -0.1) is 0 Å². The number of para-hydroxylation sites is 2. The van der Waals surface area contributed by atoms with Crippen molar-refractivity contribution in [2.24, 2.45) is 0 Å². The van der Waals surface area contributed by atoms with Crippen LogP contribution in [-0.2, 0) is 24.8 Å². The van der Waals surface area contributed by atoms with Crippen LogP contribution >= 0.6 is 0 Å². The fraction of sp³-hybridized carbons (Fsp3) is 0.0571. The number of nitrogens with zero attached hydrogens (tertiary/aromatic N) is 2. The van der Waals surface area contributed by atoms with Crippen LogP contribution in [0, 0.1) is 13.8 Å². The van der Waals surface area contributed by atoms with Gasteiger partial charge in [-0.25, -0.2) is 24.8 Å². The highest BCUT2D eigenvalue weighted by Gasteiger charge is 2.22. The lowest BCUT2D eigenvalue weighted by Crippen LogP contribution is -2.13. The number of rotatable bonds is 8. The van der Waals surface area contributed by atoms with Crippen molar-refractivity contribution in [3.63, 3.8) is 0 Å². The Morgan fingerprint density at radius 2 is 1.02 bits per heavy atom. The van der Waals surface area contributed by atoms with Gasteiger partial charge in [0.25, 0.3) is 20.0 Å². The Morgan fingerprint density at radius 3 is 1.49 bits per heavy atom. The SMILES string of the molecule is Cc1ccc(S(=O)(=O)n2cc(/C=C\NC(=O)/C=C/c3cn(S(=O)(=O)c4ccc(C)cc4)c4ccccc34)c3ccccc32)cc1. The predicted octanol–water partition coefficient (Wildman–Crippen LogP) is 6.49.